The second-order valence-corrected chi connectivity index (χ2v) is 7.88. The number of nitrogens with one attached hydrogen (secondary N) is 1. The van der Waals surface area contributed by atoms with E-state index in [1.165, 1.54) is 0 Å². The Bertz CT molecular complexity index is 775. The van der Waals surface area contributed by atoms with Gasteiger partial charge in [0.25, 0.3) is 0 Å². The van der Waals surface area contributed by atoms with Crippen LogP contribution in [0.1, 0.15) is 35.7 Å². The molecular weight excluding hydrogens is 361 g/mol. The zero-order chi connectivity index (χ0) is 19.0. The maximum absolute atomic E-state index is 13.2. The lowest BCUT2D eigenvalue weighted by Gasteiger charge is -2.29. The number of hydrogen-bond donors (Lipinski definition) is 2. The minimum absolute atomic E-state index is 0.0171. The summed E-state index contributed by atoms with van der Waals surface area (Å²) in [7, 11) is -3.31. The van der Waals surface area contributed by atoms with Gasteiger partial charge in [-0.3, -0.25) is 0 Å². The molecule has 1 atom stereocenters. The van der Waals surface area contributed by atoms with E-state index >= 15 is 0 Å². The smallest absolute Gasteiger partial charge is 0.417 e. The highest BCUT2D eigenvalue weighted by Crippen LogP contribution is 2.40. The number of benzene rings is 1. The molecule has 1 aliphatic rings. The molecule has 140 valence electrons. The van der Waals surface area contributed by atoms with E-state index in [2.05, 4.69) is 9.46 Å². The summed E-state index contributed by atoms with van der Waals surface area (Å²) in [6.45, 7) is 1.64. The van der Waals surface area contributed by atoms with Gasteiger partial charge in [0.2, 0.25) is 10.0 Å². The number of methoxy groups -OCH3 is 1. The molecule has 0 bridgehead atoms. The van der Waals surface area contributed by atoms with Gasteiger partial charge in [0.1, 0.15) is 0 Å². The Morgan fingerprint density at radius 2 is 1.96 bits per heavy atom. The zero-order valence-corrected chi connectivity index (χ0v) is 14.5. The minimum Gasteiger partial charge on any atom is -0.465 e. The molecule has 0 spiro atoms. The number of carbonyl (C=O) groups excluding carboxylic acids is 1. The fraction of sp³-hybridized carbons (Fsp3) is 0.533. The van der Waals surface area contributed by atoms with Gasteiger partial charge in [0.15, 0.2) is 0 Å². The summed E-state index contributed by atoms with van der Waals surface area (Å²) in [5.41, 5.74) is 2.59. The predicted molar refractivity (Wildman–Crippen MR) is 83.3 cm³/mol. The number of esters is 1. The Kier molecular flexibility index (Phi) is 5.18. The quantitative estimate of drug-likeness (QED) is 0.735. The van der Waals surface area contributed by atoms with Crippen molar-refractivity contribution in [3.8, 4) is 0 Å². The van der Waals surface area contributed by atoms with E-state index in [0.717, 1.165) is 32.1 Å². The molecule has 1 aliphatic carbocycles. The van der Waals surface area contributed by atoms with Crippen LogP contribution in [0.4, 0.5) is 13.2 Å². The van der Waals surface area contributed by atoms with Gasteiger partial charge < -0.3 is 10.5 Å². The van der Waals surface area contributed by atoms with Gasteiger partial charge in [-0.25, -0.2) is 17.9 Å². The van der Waals surface area contributed by atoms with Crippen molar-refractivity contribution < 1.29 is 31.1 Å². The van der Waals surface area contributed by atoms with Crippen molar-refractivity contribution in [2.24, 2.45) is 11.7 Å². The Morgan fingerprint density at radius 3 is 2.40 bits per heavy atom. The van der Waals surface area contributed by atoms with E-state index in [0.29, 0.717) is 6.07 Å². The van der Waals surface area contributed by atoms with Crippen LogP contribution in [-0.4, -0.2) is 33.6 Å². The summed E-state index contributed by atoms with van der Waals surface area (Å²) in [6, 6.07) is 2.16. The van der Waals surface area contributed by atoms with E-state index in [1.54, 1.807) is 6.92 Å². The molecule has 0 radical (unpaired) electrons. The predicted octanol–water partition coefficient (Wildman–Crippen LogP) is 1.90. The summed E-state index contributed by atoms with van der Waals surface area (Å²) < 4.78 is 71.4. The Morgan fingerprint density at radius 1 is 1.36 bits per heavy atom. The lowest BCUT2D eigenvalue weighted by Crippen LogP contribution is -2.53. The number of alkyl halides is 3. The normalized spacial score (nSPS) is 17.8. The lowest BCUT2D eigenvalue weighted by atomic mass is 9.98. The number of sulfonamides is 1. The molecule has 0 saturated heterocycles. The number of nitrogens with two attached hydrogens (primary N) is 1. The van der Waals surface area contributed by atoms with Gasteiger partial charge in [-0.15, -0.1) is 0 Å². The van der Waals surface area contributed by atoms with Gasteiger partial charge in [-0.05, 0) is 43.9 Å². The van der Waals surface area contributed by atoms with Crippen molar-refractivity contribution in [1.29, 1.82) is 0 Å². The molecule has 25 heavy (non-hydrogen) atoms. The Balaban J connectivity index is 2.46. The van der Waals surface area contributed by atoms with Crippen LogP contribution in [0.25, 0.3) is 0 Å². The van der Waals surface area contributed by atoms with Crippen LogP contribution in [0.5, 0.6) is 0 Å². The second kappa shape index (κ2) is 6.58. The average molecular weight is 380 g/mol. The van der Waals surface area contributed by atoms with Crippen LogP contribution >= 0.6 is 0 Å². The third-order valence-electron chi connectivity index (χ3n) is 4.28. The summed E-state index contributed by atoms with van der Waals surface area (Å²) in [5, 5.41) is 0. The minimum atomic E-state index is -4.91. The molecule has 2 rings (SSSR count). The van der Waals surface area contributed by atoms with Gasteiger partial charge in [-0.2, -0.15) is 13.2 Å². The first-order valence-corrected chi connectivity index (χ1v) is 8.96. The van der Waals surface area contributed by atoms with Crippen LogP contribution in [0, 0.1) is 5.92 Å². The first kappa shape index (κ1) is 19.7. The third-order valence-corrected chi connectivity index (χ3v) is 5.89. The molecule has 1 unspecified atom stereocenters. The maximum atomic E-state index is 13.2. The highest BCUT2D eigenvalue weighted by Gasteiger charge is 2.44. The molecule has 3 N–H and O–H groups in total. The van der Waals surface area contributed by atoms with Crippen molar-refractivity contribution >= 4 is 16.0 Å². The fourth-order valence-corrected chi connectivity index (χ4v) is 4.09. The number of carbonyl (C=O) groups is 1. The molecule has 6 nitrogen and oxygen atoms in total. The second-order valence-electron chi connectivity index (χ2n) is 6.20. The molecule has 1 fully saturated rings. The van der Waals surface area contributed by atoms with E-state index in [-0.39, 0.29) is 12.5 Å². The SMILES string of the molecule is COC(=O)c1ccc(S(=O)(=O)NC(C)(CN)C2CC2)cc1C(F)(F)F. The van der Waals surface area contributed by atoms with Crippen LogP contribution < -0.4 is 10.5 Å². The molecule has 0 aromatic heterocycles. The Hall–Kier alpha value is -1.65. The monoisotopic (exact) mass is 380 g/mol. The number of halogens is 3. The molecule has 0 aliphatic heterocycles. The van der Waals surface area contributed by atoms with Crippen LogP contribution in [0.2, 0.25) is 0 Å². The number of hydrogen-bond acceptors (Lipinski definition) is 5. The summed E-state index contributed by atoms with van der Waals surface area (Å²) in [5.74, 6) is -1.15. The van der Waals surface area contributed by atoms with Gasteiger partial charge in [0.05, 0.1) is 23.1 Å². The van der Waals surface area contributed by atoms with Crippen molar-refractivity contribution in [2.45, 2.75) is 36.4 Å². The zero-order valence-electron chi connectivity index (χ0n) is 13.7. The molecule has 1 aromatic rings. The topological polar surface area (TPSA) is 98.5 Å². The first-order valence-electron chi connectivity index (χ1n) is 7.48. The molecule has 1 aromatic carbocycles. The van der Waals surface area contributed by atoms with Gasteiger partial charge in [0, 0.05) is 12.1 Å². The van der Waals surface area contributed by atoms with Crippen molar-refractivity contribution in [2.75, 3.05) is 13.7 Å². The Labute approximate surface area is 143 Å². The molecular formula is C15H19F3N2O4S. The van der Waals surface area contributed by atoms with E-state index in [4.69, 9.17) is 5.73 Å². The third kappa shape index (κ3) is 4.13. The summed E-state index contributed by atoms with van der Waals surface area (Å²) in [4.78, 5) is 10.9. The first-order chi connectivity index (χ1) is 11.4. The van der Waals surface area contributed by atoms with E-state index in [1.807, 2.05) is 0 Å². The van der Waals surface area contributed by atoms with Crippen molar-refractivity contribution in [3.63, 3.8) is 0 Å². The average Bonchev–Trinajstić information content (AvgIpc) is 3.37. The summed E-state index contributed by atoms with van der Waals surface area (Å²) >= 11 is 0. The number of rotatable bonds is 6. The van der Waals surface area contributed by atoms with Gasteiger partial charge in [-0.1, -0.05) is 0 Å². The highest BCUT2D eigenvalue weighted by molar-refractivity contribution is 7.89. The molecule has 1 saturated carbocycles. The van der Waals surface area contributed by atoms with Gasteiger partial charge >= 0.3 is 12.1 Å². The van der Waals surface area contributed by atoms with Crippen LogP contribution in [0.15, 0.2) is 23.1 Å². The molecule has 10 heteroatoms. The summed E-state index contributed by atoms with van der Waals surface area (Å²) in [6.07, 6.45) is -3.32. The standard InChI is InChI=1S/C15H19F3N2O4S/c1-14(8-19,9-3-4-9)20-25(22,23)10-5-6-11(13(21)24-2)12(7-10)15(16,17)18/h5-7,9,20H,3-4,8,19H2,1-2H3. The highest BCUT2D eigenvalue weighted by atomic mass is 32.2. The maximum Gasteiger partial charge on any atom is 0.417 e. The van der Waals surface area contributed by atoms with E-state index < -0.39 is 43.7 Å². The lowest BCUT2D eigenvalue weighted by molar-refractivity contribution is -0.138. The number of ether oxygens (including phenoxy) is 1. The van der Waals surface area contributed by atoms with Crippen molar-refractivity contribution in [3.05, 3.63) is 29.3 Å². The fourth-order valence-electron chi connectivity index (χ4n) is 2.59. The van der Waals surface area contributed by atoms with E-state index in [9.17, 15) is 26.4 Å². The largest absolute Gasteiger partial charge is 0.465 e. The van der Waals surface area contributed by atoms with Crippen LogP contribution in [-0.2, 0) is 20.9 Å². The molecule has 0 heterocycles. The molecule has 0 amide bonds. The van der Waals surface area contributed by atoms with Crippen LogP contribution in [0.3, 0.4) is 0 Å². The van der Waals surface area contributed by atoms with Crippen molar-refractivity contribution in [1.82, 2.24) is 4.72 Å².